The van der Waals surface area contributed by atoms with Crippen LogP contribution >= 0.6 is 0 Å². The van der Waals surface area contributed by atoms with Crippen molar-refractivity contribution in [3.05, 3.63) is 96.1 Å². The Kier molecular flexibility index (Phi) is 5.00. The summed E-state index contributed by atoms with van der Waals surface area (Å²) >= 11 is 0. The van der Waals surface area contributed by atoms with Gasteiger partial charge in [0.25, 0.3) is 0 Å². The fourth-order valence-corrected chi connectivity index (χ4v) is 3.87. The van der Waals surface area contributed by atoms with Crippen molar-refractivity contribution in [3.63, 3.8) is 0 Å². The number of nitrogens with zero attached hydrogens (tertiary/aromatic N) is 1. The Balaban J connectivity index is 1.93. The van der Waals surface area contributed by atoms with Crippen molar-refractivity contribution in [2.75, 3.05) is 0 Å². The van der Waals surface area contributed by atoms with Crippen LogP contribution in [0.2, 0.25) is 0 Å². The van der Waals surface area contributed by atoms with E-state index >= 15 is 0 Å². The van der Waals surface area contributed by atoms with Gasteiger partial charge in [-0.2, -0.15) is 0 Å². The predicted octanol–water partition coefficient (Wildman–Crippen LogP) is 4.39. The van der Waals surface area contributed by atoms with Gasteiger partial charge in [-0.25, -0.2) is 22.9 Å². The smallest absolute Gasteiger partial charge is 0.238 e. The number of aromatic nitrogens is 1. The van der Waals surface area contributed by atoms with Gasteiger partial charge in [-0.1, -0.05) is 54.6 Å². The molecule has 29 heavy (non-hydrogen) atoms. The third-order valence-electron chi connectivity index (χ3n) is 4.44. The number of benzene rings is 3. The zero-order chi connectivity index (χ0) is 20.4. The number of nitrogens with two attached hydrogens (primary N) is 1. The van der Waals surface area contributed by atoms with E-state index in [1.54, 1.807) is 36.4 Å². The number of hydrogen-bond donors (Lipinski definition) is 1. The van der Waals surface area contributed by atoms with Crippen LogP contribution in [-0.4, -0.2) is 13.4 Å². The molecule has 0 radical (unpaired) electrons. The van der Waals surface area contributed by atoms with Gasteiger partial charge < -0.3 is 4.42 Å². The van der Waals surface area contributed by atoms with E-state index in [1.807, 2.05) is 30.3 Å². The molecule has 0 saturated heterocycles. The average Bonchev–Trinajstić information content (AvgIpc) is 3.12. The minimum Gasteiger partial charge on any atom is -0.440 e. The van der Waals surface area contributed by atoms with Crippen molar-refractivity contribution in [2.24, 2.45) is 5.14 Å². The summed E-state index contributed by atoms with van der Waals surface area (Å²) in [7, 11) is -4.02. The van der Waals surface area contributed by atoms with Crippen LogP contribution in [-0.2, 0) is 16.4 Å². The molecule has 1 aromatic heterocycles. The summed E-state index contributed by atoms with van der Waals surface area (Å²) in [6.07, 6.45) is 0.375. The number of halogens is 1. The molecule has 4 rings (SSSR count). The third kappa shape index (κ3) is 3.96. The van der Waals surface area contributed by atoms with E-state index in [0.717, 1.165) is 5.56 Å². The summed E-state index contributed by atoms with van der Waals surface area (Å²) in [5.41, 5.74) is 1.64. The van der Waals surface area contributed by atoms with Crippen LogP contribution in [0.25, 0.3) is 22.6 Å². The number of hydrogen-bond acceptors (Lipinski definition) is 4. The van der Waals surface area contributed by atoms with Crippen molar-refractivity contribution < 1.29 is 17.2 Å². The van der Waals surface area contributed by atoms with Gasteiger partial charge in [0.1, 0.15) is 11.5 Å². The molecule has 0 fully saturated rings. The van der Waals surface area contributed by atoms with Crippen LogP contribution in [0.5, 0.6) is 0 Å². The lowest BCUT2D eigenvalue weighted by atomic mass is 10.1. The highest BCUT2D eigenvalue weighted by Crippen LogP contribution is 2.37. The lowest BCUT2D eigenvalue weighted by Gasteiger charge is -2.07. The molecule has 5 nitrogen and oxygen atoms in total. The maximum atomic E-state index is 14.5. The van der Waals surface area contributed by atoms with Crippen LogP contribution in [0, 0.1) is 5.82 Å². The van der Waals surface area contributed by atoms with Gasteiger partial charge in [0.15, 0.2) is 11.7 Å². The first-order valence-electron chi connectivity index (χ1n) is 8.84. The molecule has 0 amide bonds. The summed E-state index contributed by atoms with van der Waals surface area (Å²) in [6, 6.07) is 21.8. The molecule has 146 valence electrons. The second-order valence-electron chi connectivity index (χ2n) is 6.47. The van der Waals surface area contributed by atoms with E-state index in [4.69, 9.17) is 9.56 Å². The number of oxazole rings is 1. The van der Waals surface area contributed by atoms with Crippen molar-refractivity contribution in [1.29, 1.82) is 0 Å². The van der Waals surface area contributed by atoms with Gasteiger partial charge in [-0.15, -0.1) is 0 Å². The van der Waals surface area contributed by atoms with Crippen LogP contribution in [0.3, 0.4) is 0 Å². The van der Waals surface area contributed by atoms with Gasteiger partial charge >= 0.3 is 0 Å². The van der Waals surface area contributed by atoms with E-state index in [1.165, 1.54) is 12.1 Å². The summed E-state index contributed by atoms with van der Waals surface area (Å²) in [5, 5.41) is 5.38. The quantitative estimate of drug-likeness (QED) is 0.531. The Hall–Kier alpha value is -3.29. The first-order chi connectivity index (χ1) is 13.9. The lowest BCUT2D eigenvalue weighted by Crippen LogP contribution is -2.13. The Bertz CT molecular complexity index is 1270. The van der Waals surface area contributed by atoms with Gasteiger partial charge in [0, 0.05) is 17.5 Å². The Morgan fingerprint density at radius 1 is 0.862 bits per heavy atom. The minimum absolute atomic E-state index is 0.111. The molecule has 0 unspecified atom stereocenters. The molecule has 0 bridgehead atoms. The molecule has 0 atom stereocenters. The highest BCUT2D eigenvalue weighted by molar-refractivity contribution is 7.89. The summed E-state index contributed by atoms with van der Waals surface area (Å²) < 4.78 is 44.6. The van der Waals surface area contributed by atoms with Gasteiger partial charge in [0.05, 0.1) is 4.90 Å². The largest absolute Gasteiger partial charge is 0.440 e. The summed E-state index contributed by atoms with van der Waals surface area (Å²) in [4.78, 5) is 4.38. The van der Waals surface area contributed by atoms with E-state index in [2.05, 4.69) is 4.98 Å². The van der Waals surface area contributed by atoms with Crippen LogP contribution in [0.1, 0.15) is 11.5 Å². The van der Waals surface area contributed by atoms with Crippen molar-refractivity contribution in [3.8, 4) is 22.6 Å². The maximum absolute atomic E-state index is 14.5. The van der Waals surface area contributed by atoms with Crippen LogP contribution in [0.15, 0.2) is 88.2 Å². The zero-order valence-corrected chi connectivity index (χ0v) is 16.1. The van der Waals surface area contributed by atoms with Gasteiger partial charge in [-0.05, 0) is 29.8 Å². The average molecular weight is 408 g/mol. The SMILES string of the molecule is NS(=O)(=O)c1ccccc1-c1oc(Cc2ccccc2)nc1-c1ccccc1F. The fourth-order valence-electron chi connectivity index (χ4n) is 3.13. The molecule has 0 aliphatic carbocycles. The molecule has 1 heterocycles. The standard InChI is InChI=1S/C22H17FN2O3S/c23-18-12-6-4-10-16(18)21-22(17-11-5-7-13-19(17)29(24,26)27)28-20(25-21)14-15-8-2-1-3-9-15/h1-13H,14H2,(H2,24,26,27). The van der Waals surface area contributed by atoms with Gasteiger partial charge in [-0.3, -0.25) is 0 Å². The fraction of sp³-hybridized carbons (Fsp3) is 0.0455. The molecular weight excluding hydrogens is 391 g/mol. The monoisotopic (exact) mass is 408 g/mol. The van der Waals surface area contributed by atoms with Crippen LogP contribution < -0.4 is 5.14 Å². The van der Waals surface area contributed by atoms with E-state index in [9.17, 15) is 12.8 Å². The number of rotatable bonds is 5. The molecule has 0 aliphatic heterocycles. The molecule has 2 N–H and O–H groups in total. The molecule has 7 heteroatoms. The van der Waals surface area contributed by atoms with E-state index < -0.39 is 15.8 Å². The first-order valence-corrected chi connectivity index (χ1v) is 10.4. The number of sulfonamides is 1. The molecular formula is C22H17FN2O3S. The highest BCUT2D eigenvalue weighted by atomic mass is 32.2. The Morgan fingerprint density at radius 2 is 1.48 bits per heavy atom. The molecule has 4 aromatic rings. The second kappa shape index (κ2) is 7.62. The molecule has 0 saturated carbocycles. The Labute approximate surface area is 167 Å². The van der Waals surface area contributed by atoms with Gasteiger partial charge in [0.2, 0.25) is 10.0 Å². The summed E-state index contributed by atoms with van der Waals surface area (Å²) in [6.45, 7) is 0. The summed E-state index contributed by atoms with van der Waals surface area (Å²) in [5.74, 6) is 0.0146. The normalized spacial score (nSPS) is 11.5. The van der Waals surface area contributed by atoms with Crippen molar-refractivity contribution >= 4 is 10.0 Å². The van der Waals surface area contributed by atoms with E-state index in [0.29, 0.717) is 12.3 Å². The molecule has 0 spiro atoms. The van der Waals surface area contributed by atoms with Crippen molar-refractivity contribution in [2.45, 2.75) is 11.3 Å². The van der Waals surface area contributed by atoms with Crippen molar-refractivity contribution in [1.82, 2.24) is 4.98 Å². The predicted molar refractivity (Wildman–Crippen MR) is 108 cm³/mol. The zero-order valence-electron chi connectivity index (χ0n) is 15.2. The minimum atomic E-state index is -4.02. The third-order valence-corrected chi connectivity index (χ3v) is 5.41. The topological polar surface area (TPSA) is 86.2 Å². The first kappa shape index (κ1) is 19.0. The Morgan fingerprint density at radius 3 is 2.17 bits per heavy atom. The second-order valence-corrected chi connectivity index (χ2v) is 8.00. The van der Waals surface area contributed by atoms with E-state index in [-0.39, 0.29) is 27.5 Å². The highest BCUT2D eigenvalue weighted by Gasteiger charge is 2.24. The maximum Gasteiger partial charge on any atom is 0.238 e. The lowest BCUT2D eigenvalue weighted by molar-refractivity contribution is 0.517. The van der Waals surface area contributed by atoms with Crippen LogP contribution in [0.4, 0.5) is 4.39 Å². The molecule has 3 aromatic carbocycles. The molecule has 0 aliphatic rings. The number of primary sulfonamides is 1.